The normalized spacial score (nSPS) is 13.4. The van der Waals surface area contributed by atoms with Gasteiger partial charge in [-0.25, -0.2) is 4.79 Å². The first kappa shape index (κ1) is 28.5. The molecule has 1 unspecified atom stereocenters. The number of benzene rings is 2. The van der Waals surface area contributed by atoms with E-state index in [2.05, 4.69) is 5.32 Å². The summed E-state index contributed by atoms with van der Waals surface area (Å²) in [4.78, 5) is 39.5. The van der Waals surface area contributed by atoms with Gasteiger partial charge in [0.2, 0.25) is 11.8 Å². The second-order valence-corrected chi connectivity index (χ2v) is 9.18. The van der Waals surface area contributed by atoms with Crippen LogP contribution in [0.25, 0.3) is 0 Å². The van der Waals surface area contributed by atoms with Crippen LogP contribution in [0, 0.1) is 5.41 Å². The zero-order valence-electron chi connectivity index (χ0n) is 20.4. The van der Waals surface area contributed by atoms with Crippen molar-refractivity contribution >= 4 is 41.0 Å². The fourth-order valence-corrected chi connectivity index (χ4v) is 4.08. The number of carboxylic acid groups (broad SMARTS) is 1. The fourth-order valence-electron chi connectivity index (χ4n) is 3.57. The number of hydrogen-bond acceptors (Lipinski definition) is 4. The maximum absolute atomic E-state index is 13.0. The van der Waals surface area contributed by atoms with Crippen molar-refractivity contribution in [2.24, 2.45) is 5.41 Å². The Morgan fingerprint density at radius 1 is 1.03 bits per heavy atom. The lowest BCUT2D eigenvalue weighted by Gasteiger charge is -2.32. The Hall–Kier alpha value is -2.77. The summed E-state index contributed by atoms with van der Waals surface area (Å²) in [5.74, 6) is -1.53. The number of ether oxygens (including phenoxy) is 1. The lowest BCUT2D eigenvalue weighted by molar-refractivity contribution is -0.152. The maximum Gasteiger partial charge on any atom is 0.326 e. The predicted molar refractivity (Wildman–Crippen MR) is 137 cm³/mol. The first-order valence-electron chi connectivity index (χ1n) is 11.5. The second-order valence-electron chi connectivity index (χ2n) is 8.36. The third-order valence-electron chi connectivity index (χ3n) is 6.14. The van der Waals surface area contributed by atoms with E-state index in [1.54, 1.807) is 61.2 Å². The number of amides is 2. The van der Waals surface area contributed by atoms with E-state index < -0.39 is 23.3 Å². The van der Waals surface area contributed by atoms with Crippen LogP contribution in [0.1, 0.15) is 45.2 Å². The SMILES string of the molecule is CCN(CC)C(=O)C(C)(CC)C(=O)N[C@@H](Cc1ccc(OCc2c(Cl)cccc2Cl)cc1)C(=O)O. The minimum absolute atomic E-state index is 0.0525. The number of carbonyl (C=O) groups is 3. The van der Waals surface area contributed by atoms with Gasteiger partial charge in [0.1, 0.15) is 23.8 Å². The van der Waals surface area contributed by atoms with Gasteiger partial charge in [-0.3, -0.25) is 9.59 Å². The van der Waals surface area contributed by atoms with E-state index in [0.29, 0.717) is 40.0 Å². The summed E-state index contributed by atoms with van der Waals surface area (Å²) in [6.45, 7) is 8.10. The highest BCUT2D eigenvalue weighted by molar-refractivity contribution is 6.35. The highest BCUT2D eigenvalue weighted by Gasteiger charge is 2.42. The van der Waals surface area contributed by atoms with Crippen molar-refractivity contribution in [3.05, 3.63) is 63.6 Å². The van der Waals surface area contributed by atoms with Crippen molar-refractivity contribution < 1.29 is 24.2 Å². The van der Waals surface area contributed by atoms with Crippen molar-refractivity contribution in [3.8, 4) is 5.75 Å². The summed E-state index contributed by atoms with van der Waals surface area (Å²) in [7, 11) is 0. The number of carbonyl (C=O) groups excluding carboxylic acids is 2. The Morgan fingerprint density at radius 3 is 2.09 bits per heavy atom. The third-order valence-corrected chi connectivity index (χ3v) is 6.85. The van der Waals surface area contributed by atoms with E-state index in [1.807, 2.05) is 13.8 Å². The molecule has 0 radical (unpaired) electrons. The van der Waals surface area contributed by atoms with Crippen molar-refractivity contribution in [1.29, 1.82) is 0 Å². The number of carboxylic acids is 1. The topological polar surface area (TPSA) is 95.9 Å². The van der Waals surface area contributed by atoms with Gasteiger partial charge in [-0.2, -0.15) is 0 Å². The van der Waals surface area contributed by atoms with Crippen molar-refractivity contribution in [2.45, 2.75) is 53.2 Å². The Balaban J connectivity index is 2.08. The summed E-state index contributed by atoms with van der Waals surface area (Å²) in [5.41, 5.74) is 0.0121. The minimum Gasteiger partial charge on any atom is -0.489 e. The molecule has 2 rings (SSSR count). The lowest BCUT2D eigenvalue weighted by atomic mass is 9.84. The smallest absolute Gasteiger partial charge is 0.326 e. The van der Waals surface area contributed by atoms with E-state index in [-0.39, 0.29) is 25.4 Å². The van der Waals surface area contributed by atoms with Crippen LogP contribution in [-0.4, -0.2) is 46.9 Å². The molecule has 0 saturated heterocycles. The molecule has 0 bridgehead atoms. The summed E-state index contributed by atoms with van der Waals surface area (Å²) in [6.07, 6.45) is 0.305. The van der Waals surface area contributed by atoms with Gasteiger partial charge in [-0.1, -0.05) is 48.3 Å². The van der Waals surface area contributed by atoms with Crippen molar-refractivity contribution in [3.63, 3.8) is 0 Å². The van der Waals surface area contributed by atoms with Gasteiger partial charge in [0.25, 0.3) is 0 Å². The molecule has 2 aromatic rings. The fraction of sp³-hybridized carbons (Fsp3) is 0.423. The lowest BCUT2D eigenvalue weighted by Crippen LogP contribution is -2.54. The summed E-state index contributed by atoms with van der Waals surface area (Å²) >= 11 is 12.3. The molecular weight excluding hydrogens is 491 g/mol. The van der Waals surface area contributed by atoms with Crippen LogP contribution in [0.4, 0.5) is 0 Å². The number of rotatable bonds is 12. The zero-order chi connectivity index (χ0) is 26.2. The van der Waals surface area contributed by atoms with Crippen LogP contribution < -0.4 is 10.1 Å². The van der Waals surface area contributed by atoms with Gasteiger partial charge in [0.15, 0.2) is 0 Å². The van der Waals surface area contributed by atoms with Gasteiger partial charge < -0.3 is 20.1 Å². The van der Waals surface area contributed by atoms with E-state index in [4.69, 9.17) is 27.9 Å². The molecule has 0 spiro atoms. The summed E-state index contributed by atoms with van der Waals surface area (Å²) < 4.78 is 5.76. The molecule has 2 amide bonds. The van der Waals surface area contributed by atoms with Crippen LogP contribution in [0.5, 0.6) is 5.75 Å². The standard InChI is InChI=1S/C26H32Cl2N2O5/c1-5-26(4,25(34)30(6-2)7-3)24(33)29-22(23(31)32)15-17-11-13-18(14-12-17)35-16-19-20(27)9-8-10-21(19)28/h8-14,22H,5-7,15-16H2,1-4H3,(H,29,33)(H,31,32)/t22-,26?/m0/s1. The van der Waals surface area contributed by atoms with Gasteiger partial charge in [0.05, 0.1) is 0 Å². The highest BCUT2D eigenvalue weighted by atomic mass is 35.5. The zero-order valence-corrected chi connectivity index (χ0v) is 21.9. The molecule has 7 nitrogen and oxygen atoms in total. The number of nitrogens with one attached hydrogen (secondary N) is 1. The van der Waals surface area contributed by atoms with Crippen LogP contribution in [0.2, 0.25) is 10.0 Å². The van der Waals surface area contributed by atoms with Crippen LogP contribution >= 0.6 is 23.2 Å². The highest BCUT2D eigenvalue weighted by Crippen LogP contribution is 2.27. The van der Waals surface area contributed by atoms with Gasteiger partial charge >= 0.3 is 5.97 Å². The molecule has 190 valence electrons. The number of nitrogens with zero attached hydrogens (tertiary/aromatic N) is 1. The molecule has 0 aliphatic carbocycles. The molecular formula is C26H32Cl2N2O5. The van der Waals surface area contributed by atoms with Gasteiger partial charge in [0, 0.05) is 35.1 Å². The monoisotopic (exact) mass is 522 g/mol. The molecule has 2 N–H and O–H groups in total. The van der Waals surface area contributed by atoms with Crippen LogP contribution in [0.15, 0.2) is 42.5 Å². The first-order valence-corrected chi connectivity index (χ1v) is 12.3. The molecule has 9 heteroatoms. The molecule has 0 saturated carbocycles. The molecule has 0 heterocycles. The predicted octanol–water partition coefficient (Wildman–Crippen LogP) is 4.97. The number of halogens is 2. The van der Waals surface area contributed by atoms with Crippen LogP contribution in [0.3, 0.4) is 0 Å². The Morgan fingerprint density at radius 2 is 1.60 bits per heavy atom. The van der Waals surface area contributed by atoms with Crippen molar-refractivity contribution in [2.75, 3.05) is 13.1 Å². The molecule has 0 fully saturated rings. The molecule has 2 atom stereocenters. The summed E-state index contributed by atoms with van der Waals surface area (Å²) in [6, 6.07) is 10.9. The average Bonchev–Trinajstić information content (AvgIpc) is 2.84. The Bertz CT molecular complexity index is 1020. The van der Waals surface area contributed by atoms with E-state index in [1.165, 1.54) is 0 Å². The van der Waals surface area contributed by atoms with E-state index >= 15 is 0 Å². The van der Waals surface area contributed by atoms with Gasteiger partial charge in [-0.15, -0.1) is 0 Å². The number of hydrogen-bond donors (Lipinski definition) is 2. The minimum atomic E-state index is -1.35. The molecule has 35 heavy (non-hydrogen) atoms. The largest absolute Gasteiger partial charge is 0.489 e. The molecule has 0 aromatic heterocycles. The average molecular weight is 523 g/mol. The summed E-state index contributed by atoms with van der Waals surface area (Å²) in [5, 5.41) is 13.3. The second kappa shape index (κ2) is 12.8. The van der Waals surface area contributed by atoms with Crippen molar-refractivity contribution in [1.82, 2.24) is 10.2 Å². The first-order chi connectivity index (χ1) is 16.6. The quantitative estimate of drug-likeness (QED) is 0.383. The number of aliphatic carboxylic acids is 1. The maximum atomic E-state index is 13.0. The van der Waals surface area contributed by atoms with Crippen LogP contribution in [-0.2, 0) is 27.4 Å². The Labute approximate surface area is 216 Å². The third kappa shape index (κ3) is 7.12. The van der Waals surface area contributed by atoms with E-state index in [9.17, 15) is 19.5 Å². The molecule has 0 aliphatic heterocycles. The van der Waals surface area contributed by atoms with Gasteiger partial charge in [-0.05, 0) is 57.0 Å². The molecule has 0 aliphatic rings. The molecule has 2 aromatic carbocycles. The Kier molecular flexibility index (Phi) is 10.4. The van der Waals surface area contributed by atoms with E-state index in [0.717, 1.165) is 0 Å².